The number of rotatable bonds is 7. The summed E-state index contributed by atoms with van der Waals surface area (Å²) in [5, 5.41) is 10.2. The molecule has 2 aliphatic heterocycles. The van der Waals surface area contributed by atoms with E-state index in [1.54, 1.807) is 0 Å². The van der Waals surface area contributed by atoms with Crippen LogP contribution in [0.15, 0.2) is 78.9 Å². The van der Waals surface area contributed by atoms with Crippen molar-refractivity contribution in [1.29, 1.82) is 0 Å². The van der Waals surface area contributed by atoms with Gasteiger partial charge in [0.25, 0.3) is 0 Å². The minimum absolute atomic E-state index is 0.0904. The number of hydrogen-bond acceptors (Lipinski definition) is 3. The van der Waals surface area contributed by atoms with E-state index in [4.69, 9.17) is 4.74 Å². The zero-order chi connectivity index (χ0) is 27.8. The largest absolute Gasteiger partial charge is 0.416 e. The Labute approximate surface area is 223 Å². The van der Waals surface area contributed by atoms with E-state index in [2.05, 4.69) is 4.90 Å². The van der Waals surface area contributed by atoms with Crippen molar-refractivity contribution in [2.24, 2.45) is 0 Å². The van der Waals surface area contributed by atoms with Gasteiger partial charge in [-0.2, -0.15) is 26.3 Å². The molecule has 2 fully saturated rings. The molecule has 3 aromatic rings. The highest BCUT2D eigenvalue weighted by molar-refractivity contribution is 5.36. The number of fused-ring (bicyclic) bond motifs is 2. The summed E-state index contributed by atoms with van der Waals surface area (Å²) in [7, 11) is 0. The van der Waals surface area contributed by atoms with E-state index in [1.807, 2.05) is 60.7 Å². The van der Waals surface area contributed by atoms with E-state index in [1.165, 1.54) is 0 Å². The van der Waals surface area contributed by atoms with E-state index in [0.717, 1.165) is 24.0 Å². The first kappa shape index (κ1) is 27.7. The Hall–Kier alpha value is -2.88. The van der Waals surface area contributed by atoms with Crippen molar-refractivity contribution in [3.8, 4) is 0 Å². The molecule has 9 heteroatoms. The van der Waals surface area contributed by atoms with Gasteiger partial charge in [0.05, 0.1) is 29.4 Å². The molecule has 4 atom stereocenters. The van der Waals surface area contributed by atoms with E-state index < -0.39 is 47.8 Å². The second-order valence-electron chi connectivity index (χ2n) is 10.3. The molecule has 3 nitrogen and oxygen atoms in total. The summed E-state index contributed by atoms with van der Waals surface area (Å²) < 4.78 is 87.7. The van der Waals surface area contributed by atoms with Crippen LogP contribution in [0.3, 0.4) is 0 Å². The summed E-state index contributed by atoms with van der Waals surface area (Å²) in [6.45, 7) is -0.145. The molecule has 2 heterocycles. The molecule has 0 aromatic heterocycles. The Bertz CT molecular complexity index is 1230. The minimum atomic E-state index is -4.99. The highest BCUT2D eigenvalue weighted by atomic mass is 19.4. The van der Waals surface area contributed by atoms with Crippen molar-refractivity contribution in [2.75, 3.05) is 6.61 Å². The molecule has 2 aliphatic rings. The first-order chi connectivity index (χ1) is 18.5. The molecule has 5 rings (SSSR count). The van der Waals surface area contributed by atoms with Crippen molar-refractivity contribution in [3.05, 3.63) is 107 Å². The van der Waals surface area contributed by atoms with Gasteiger partial charge in [0.2, 0.25) is 0 Å². The summed E-state index contributed by atoms with van der Waals surface area (Å²) in [4.78, 5) is 2.37. The van der Waals surface area contributed by atoms with Gasteiger partial charge >= 0.3 is 12.4 Å². The van der Waals surface area contributed by atoms with E-state index in [9.17, 15) is 31.4 Å². The second kappa shape index (κ2) is 10.6. The normalized spacial score (nSPS) is 24.6. The van der Waals surface area contributed by atoms with Crippen molar-refractivity contribution >= 4 is 0 Å². The average Bonchev–Trinajstić information content (AvgIpc) is 3.15. The van der Waals surface area contributed by atoms with Gasteiger partial charge in [0.1, 0.15) is 6.10 Å². The molecule has 2 saturated heterocycles. The number of piperidine rings is 1. The smallest absolute Gasteiger partial charge is 0.393 e. The third-order valence-electron chi connectivity index (χ3n) is 8.05. The van der Waals surface area contributed by atoms with Crippen LogP contribution in [0.25, 0.3) is 0 Å². The van der Waals surface area contributed by atoms with Crippen LogP contribution in [-0.2, 0) is 29.2 Å². The van der Waals surface area contributed by atoms with Crippen molar-refractivity contribution < 1.29 is 36.2 Å². The summed E-state index contributed by atoms with van der Waals surface area (Å²) >= 11 is 0. The van der Waals surface area contributed by atoms with Crippen LogP contribution >= 0.6 is 0 Å². The maximum atomic E-state index is 13.5. The number of ether oxygens (including phenoxy) is 1. The molecular weight excluding hydrogens is 520 g/mol. The number of benzene rings is 3. The lowest BCUT2D eigenvalue weighted by Gasteiger charge is -2.51. The van der Waals surface area contributed by atoms with Gasteiger partial charge in [0.15, 0.2) is 0 Å². The number of nitrogens with zero attached hydrogens (tertiary/aromatic N) is 1. The lowest BCUT2D eigenvalue weighted by molar-refractivity contribution is -0.146. The first-order valence-electron chi connectivity index (χ1n) is 12.9. The lowest BCUT2D eigenvalue weighted by Crippen LogP contribution is -2.56. The Balaban J connectivity index is 1.55. The van der Waals surface area contributed by atoms with E-state index >= 15 is 0 Å². The third-order valence-corrected chi connectivity index (χ3v) is 8.05. The van der Waals surface area contributed by atoms with Crippen LogP contribution in [0.5, 0.6) is 0 Å². The van der Waals surface area contributed by atoms with Crippen molar-refractivity contribution in [2.45, 2.75) is 68.4 Å². The Kier molecular flexibility index (Phi) is 7.52. The van der Waals surface area contributed by atoms with Crippen LogP contribution < -0.4 is 0 Å². The molecular formula is C30H29F6NO2. The fourth-order valence-electron chi connectivity index (χ4n) is 6.28. The predicted octanol–water partition coefficient (Wildman–Crippen LogP) is 7.50. The molecule has 1 N–H and O–H groups in total. The molecule has 2 bridgehead atoms. The number of aliphatic hydroxyl groups excluding tert-OH is 1. The van der Waals surface area contributed by atoms with E-state index in [-0.39, 0.29) is 17.7 Å². The number of aliphatic hydroxyl groups is 1. The molecule has 0 spiro atoms. The minimum Gasteiger partial charge on any atom is -0.393 e. The number of halogens is 6. The first-order valence-corrected chi connectivity index (χ1v) is 12.9. The molecule has 208 valence electrons. The van der Waals surface area contributed by atoms with Crippen molar-refractivity contribution in [3.63, 3.8) is 0 Å². The molecule has 0 aliphatic carbocycles. The average molecular weight is 550 g/mol. The Morgan fingerprint density at radius 2 is 1.41 bits per heavy atom. The van der Waals surface area contributed by atoms with Gasteiger partial charge in [-0.05, 0) is 60.6 Å². The topological polar surface area (TPSA) is 32.7 Å². The van der Waals surface area contributed by atoms with Crippen LogP contribution in [0, 0.1) is 0 Å². The lowest BCUT2D eigenvalue weighted by atomic mass is 9.78. The van der Waals surface area contributed by atoms with Gasteiger partial charge in [-0.1, -0.05) is 60.7 Å². The van der Waals surface area contributed by atoms with Gasteiger partial charge < -0.3 is 9.84 Å². The van der Waals surface area contributed by atoms with Crippen LogP contribution in [0.2, 0.25) is 0 Å². The molecule has 39 heavy (non-hydrogen) atoms. The SMILES string of the molecule is OCC(OC1CCC2CCC1(c1ccccc1)N2Cc1ccccc1)c1cc(C(F)(F)F)cc(C(F)(F)F)c1. The van der Waals surface area contributed by atoms with Crippen LogP contribution in [-0.4, -0.2) is 28.8 Å². The zero-order valence-electron chi connectivity index (χ0n) is 21.1. The van der Waals surface area contributed by atoms with Crippen LogP contribution in [0.1, 0.15) is 59.6 Å². The third kappa shape index (κ3) is 5.44. The molecule has 0 amide bonds. The Morgan fingerprint density at radius 1 is 0.821 bits per heavy atom. The molecule has 3 aromatic carbocycles. The summed E-state index contributed by atoms with van der Waals surface area (Å²) in [6.07, 6.45) is -8.99. The number of alkyl halides is 6. The number of hydrogen-bond donors (Lipinski definition) is 1. The maximum Gasteiger partial charge on any atom is 0.416 e. The van der Waals surface area contributed by atoms with Crippen molar-refractivity contribution in [1.82, 2.24) is 4.90 Å². The van der Waals surface area contributed by atoms with Crippen LogP contribution in [0.4, 0.5) is 26.3 Å². The molecule has 4 unspecified atom stereocenters. The van der Waals surface area contributed by atoms with Gasteiger partial charge in [0, 0.05) is 12.6 Å². The van der Waals surface area contributed by atoms with Gasteiger partial charge in [-0.15, -0.1) is 0 Å². The van der Waals surface area contributed by atoms with Gasteiger partial charge in [-0.3, -0.25) is 4.90 Å². The Morgan fingerprint density at radius 3 is 1.97 bits per heavy atom. The summed E-state index contributed by atoms with van der Waals surface area (Å²) in [6, 6.07) is 21.2. The molecule has 0 saturated carbocycles. The fourth-order valence-corrected chi connectivity index (χ4v) is 6.28. The second-order valence-corrected chi connectivity index (χ2v) is 10.3. The molecule has 0 radical (unpaired) electrons. The summed E-state index contributed by atoms with van der Waals surface area (Å²) in [5.41, 5.74) is -1.79. The summed E-state index contributed by atoms with van der Waals surface area (Å²) in [5.74, 6) is 0. The zero-order valence-corrected chi connectivity index (χ0v) is 21.1. The maximum absolute atomic E-state index is 13.5. The highest BCUT2D eigenvalue weighted by Gasteiger charge is 2.56. The predicted molar refractivity (Wildman–Crippen MR) is 134 cm³/mol. The van der Waals surface area contributed by atoms with E-state index in [0.29, 0.717) is 31.5 Å². The monoisotopic (exact) mass is 549 g/mol. The standard InChI is InChI=1S/C30H29F6NO2/c31-29(32,33)23-15-21(16-24(17-23)30(34,35)36)26(19-38)39-27-12-11-25-13-14-28(27,22-9-5-2-6-10-22)37(25)18-20-7-3-1-4-8-20/h1-10,15-17,25-27,38H,11-14,18-19H2. The van der Waals surface area contributed by atoms with Gasteiger partial charge in [-0.25, -0.2) is 0 Å². The highest BCUT2D eigenvalue weighted by Crippen LogP contribution is 2.53. The quantitative estimate of drug-likeness (QED) is 0.310. The fraction of sp³-hybridized carbons (Fsp3) is 0.400.